The third kappa shape index (κ3) is 4.65. The minimum atomic E-state index is -3.58. The van der Waals surface area contributed by atoms with E-state index in [-0.39, 0.29) is 23.3 Å². The van der Waals surface area contributed by atoms with Gasteiger partial charge in [-0.25, -0.2) is 13.1 Å². The van der Waals surface area contributed by atoms with E-state index in [1.54, 1.807) is 24.3 Å². The van der Waals surface area contributed by atoms with Gasteiger partial charge in [-0.1, -0.05) is 32.9 Å². The van der Waals surface area contributed by atoms with Gasteiger partial charge >= 0.3 is 0 Å². The molecule has 0 spiro atoms. The van der Waals surface area contributed by atoms with Crippen LogP contribution in [0.3, 0.4) is 0 Å². The minimum absolute atomic E-state index is 0.0126. The molecule has 6 heteroatoms. The molecule has 0 aliphatic rings. The SMILES string of the molecule is CC(C)(C)c1ccc(S(=O)(=O)NCCC(N)=O)cc1. The maximum absolute atomic E-state index is 11.9. The molecule has 106 valence electrons. The highest BCUT2D eigenvalue weighted by atomic mass is 32.2. The number of carbonyl (C=O) groups is 1. The number of primary amides is 1. The molecule has 0 aromatic heterocycles. The van der Waals surface area contributed by atoms with E-state index in [0.29, 0.717) is 0 Å². The first-order chi connectivity index (χ1) is 8.63. The van der Waals surface area contributed by atoms with Crippen molar-refractivity contribution in [3.8, 4) is 0 Å². The quantitative estimate of drug-likeness (QED) is 0.849. The summed E-state index contributed by atoms with van der Waals surface area (Å²) in [5.41, 5.74) is 5.99. The third-order valence-electron chi connectivity index (χ3n) is 2.69. The Kier molecular flexibility index (Phi) is 4.70. The van der Waals surface area contributed by atoms with E-state index in [1.165, 1.54) is 0 Å². The Morgan fingerprint density at radius 1 is 1.21 bits per heavy atom. The molecule has 1 rings (SSSR count). The Hall–Kier alpha value is -1.40. The Labute approximate surface area is 114 Å². The van der Waals surface area contributed by atoms with Crippen molar-refractivity contribution in [2.45, 2.75) is 37.5 Å². The summed E-state index contributed by atoms with van der Waals surface area (Å²) in [4.78, 5) is 10.7. The van der Waals surface area contributed by atoms with E-state index >= 15 is 0 Å². The maximum atomic E-state index is 11.9. The second-order valence-corrected chi connectivity index (χ2v) is 7.16. The second kappa shape index (κ2) is 5.71. The van der Waals surface area contributed by atoms with Gasteiger partial charge < -0.3 is 5.73 Å². The van der Waals surface area contributed by atoms with Gasteiger partial charge in [0.15, 0.2) is 0 Å². The van der Waals surface area contributed by atoms with E-state index in [1.807, 2.05) is 0 Å². The Bertz CT molecular complexity index is 542. The van der Waals surface area contributed by atoms with Crippen molar-refractivity contribution >= 4 is 15.9 Å². The summed E-state index contributed by atoms with van der Waals surface area (Å²) in [6.07, 6.45) is -0.0146. The zero-order valence-electron chi connectivity index (χ0n) is 11.4. The molecule has 0 aliphatic heterocycles. The summed E-state index contributed by atoms with van der Waals surface area (Å²) in [7, 11) is -3.58. The van der Waals surface area contributed by atoms with Crippen LogP contribution < -0.4 is 10.5 Å². The fourth-order valence-corrected chi connectivity index (χ4v) is 2.56. The van der Waals surface area contributed by atoms with Crippen molar-refractivity contribution in [2.24, 2.45) is 5.73 Å². The van der Waals surface area contributed by atoms with Gasteiger partial charge in [0, 0.05) is 13.0 Å². The van der Waals surface area contributed by atoms with Crippen LogP contribution in [-0.2, 0) is 20.2 Å². The summed E-state index contributed by atoms with van der Waals surface area (Å²) in [5, 5.41) is 0. The van der Waals surface area contributed by atoms with E-state index in [9.17, 15) is 13.2 Å². The smallest absolute Gasteiger partial charge is 0.240 e. The number of carbonyl (C=O) groups excluding carboxylic acids is 1. The summed E-state index contributed by atoms with van der Waals surface area (Å²) >= 11 is 0. The van der Waals surface area contributed by atoms with Gasteiger partial charge in [-0.3, -0.25) is 4.79 Å². The first kappa shape index (κ1) is 15.7. The highest BCUT2D eigenvalue weighted by molar-refractivity contribution is 7.89. The lowest BCUT2D eigenvalue weighted by molar-refractivity contribution is -0.117. The second-order valence-electron chi connectivity index (χ2n) is 5.39. The molecule has 0 saturated carbocycles. The average molecular weight is 284 g/mol. The van der Waals surface area contributed by atoms with Crippen molar-refractivity contribution in [1.29, 1.82) is 0 Å². The number of sulfonamides is 1. The lowest BCUT2D eigenvalue weighted by atomic mass is 9.87. The van der Waals surface area contributed by atoms with Crippen LogP contribution in [0.25, 0.3) is 0 Å². The summed E-state index contributed by atoms with van der Waals surface area (Å²) in [6, 6.07) is 6.71. The molecule has 5 nitrogen and oxygen atoms in total. The normalized spacial score (nSPS) is 12.4. The van der Waals surface area contributed by atoms with Crippen molar-refractivity contribution in [3.05, 3.63) is 29.8 Å². The zero-order valence-corrected chi connectivity index (χ0v) is 12.3. The van der Waals surface area contributed by atoms with Gasteiger partial charge in [-0.2, -0.15) is 0 Å². The average Bonchev–Trinajstić information content (AvgIpc) is 2.27. The number of rotatable bonds is 5. The van der Waals surface area contributed by atoms with Crippen LogP contribution in [0.5, 0.6) is 0 Å². The molecule has 1 aromatic rings. The first-order valence-electron chi connectivity index (χ1n) is 6.01. The largest absolute Gasteiger partial charge is 0.370 e. The Morgan fingerprint density at radius 3 is 2.16 bits per heavy atom. The van der Waals surface area contributed by atoms with Crippen molar-refractivity contribution in [2.75, 3.05) is 6.54 Å². The van der Waals surface area contributed by atoms with E-state index in [4.69, 9.17) is 5.73 Å². The fourth-order valence-electron chi connectivity index (χ4n) is 1.53. The summed E-state index contributed by atoms with van der Waals surface area (Å²) < 4.78 is 26.2. The van der Waals surface area contributed by atoms with Gasteiger partial charge in [-0.15, -0.1) is 0 Å². The predicted octanol–water partition coefficient (Wildman–Crippen LogP) is 1.14. The Morgan fingerprint density at radius 2 is 1.74 bits per heavy atom. The monoisotopic (exact) mass is 284 g/mol. The molecule has 0 atom stereocenters. The van der Waals surface area contributed by atoms with E-state index in [2.05, 4.69) is 25.5 Å². The van der Waals surface area contributed by atoms with Crippen LogP contribution in [0.4, 0.5) is 0 Å². The molecular weight excluding hydrogens is 264 g/mol. The van der Waals surface area contributed by atoms with Crippen LogP contribution >= 0.6 is 0 Å². The number of benzene rings is 1. The van der Waals surface area contributed by atoms with Crippen LogP contribution in [0, 0.1) is 0 Å². The molecule has 0 bridgehead atoms. The first-order valence-corrected chi connectivity index (χ1v) is 7.50. The summed E-state index contributed by atoms with van der Waals surface area (Å²) in [5.74, 6) is -0.536. The van der Waals surface area contributed by atoms with Gasteiger partial charge in [0.25, 0.3) is 0 Å². The Balaban J connectivity index is 2.82. The fraction of sp³-hybridized carbons (Fsp3) is 0.462. The molecule has 0 unspecified atom stereocenters. The van der Waals surface area contributed by atoms with Gasteiger partial charge in [0.05, 0.1) is 4.90 Å². The molecule has 0 radical (unpaired) electrons. The van der Waals surface area contributed by atoms with Crippen LogP contribution in [0.2, 0.25) is 0 Å². The van der Waals surface area contributed by atoms with Gasteiger partial charge in [0.1, 0.15) is 0 Å². The standard InChI is InChI=1S/C13H20N2O3S/c1-13(2,3)10-4-6-11(7-5-10)19(17,18)15-9-8-12(14)16/h4-7,15H,8-9H2,1-3H3,(H2,14,16). The van der Waals surface area contributed by atoms with Crippen molar-refractivity contribution < 1.29 is 13.2 Å². The number of amides is 1. The third-order valence-corrected chi connectivity index (χ3v) is 4.17. The molecule has 1 aromatic carbocycles. The molecule has 0 heterocycles. The van der Waals surface area contributed by atoms with Crippen molar-refractivity contribution in [1.82, 2.24) is 4.72 Å². The maximum Gasteiger partial charge on any atom is 0.240 e. The number of hydrogen-bond acceptors (Lipinski definition) is 3. The van der Waals surface area contributed by atoms with Crippen LogP contribution in [0.15, 0.2) is 29.2 Å². The molecule has 0 fully saturated rings. The lowest BCUT2D eigenvalue weighted by Crippen LogP contribution is -2.28. The van der Waals surface area contributed by atoms with Gasteiger partial charge in [0.2, 0.25) is 15.9 Å². The molecule has 1 amide bonds. The molecule has 0 aliphatic carbocycles. The predicted molar refractivity (Wildman–Crippen MR) is 74.1 cm³/mol. The highest BCUT2D eigenvalue weighted by Gasteiger charge is 2.17. The number of nitrogens with one attached hydrogen (secondary N) is 1. The topological polar surface area (TPSA) is 89.3 Å². The van der Waals surface area contributed by atoms with E-state index < -0.39 is 15.9 Å². The molecular formula is C13H20N2O3S. The molecule has 0 saturated heterocycles. The number of hydrogen-bond donors (Lipinski definition) is 2. The lowest BCUT2D eigenvalue weighted by Gasteiger charge is -2.19. The molecule has 3 N–H and O–H groups in total. The highest BCUT2D eigenvalue weighted by Crippen LogP contribution is 2.23. The zero-order chi connectivity index (χ0) is 14.7. The minimum Gasteiger partial charge on any atom is -0.370 e. The molecule has 19 heavy (non-hydrogen) atoms. The number of nitrogens with two attached hydrogens (primary N) is 1. The summed E-state index contributed by atoms with van der Waals surface area (Å²) in [6.45, 7) is 6.18. The van der Waals surface area contributed by atoms with Crippen molar-refractivity contribution in [3.63, 3.8) is 0 Å². The van der Waals surface area contributed by atoms with E-state index in [0.717, 1.165) is 5.56 Å². The van der Waals surface area contributed by atoms with Gasteiger partial charge in [-0.05, 0) is 23.1 Å². The van der Waals surface area contributed by atoms with Crippen LogP contribution in [0.1, 0.15) is 32.8 Å². The van der Waals surface area contributed by atoms with Crippen LogP contribution in [-0.4, -0.2) is 20.9 Å².